The van der Waals surface area contributed by atoms with Gasteiger partial charge in [0.05, 0.1) is 0 Å². The van der Waals surface area contributed by atoms with Gasteiger partial charge in [0, 0.05) is 0 Å². The second kappa shape index (κ2) is 16.1. The van der Waals surface area contributed by atoms with Gasteiger partial charge in [-0.2, -0.15) is 0 Å². The number of hydrogen-bond acceptors (Lipinski definition) is 0. The maximum absolute atomic E-state index is 3.76. The number of rotatable bonds is 4. The summed E-state index contributed by atoms with van der Waals surface area (Å²) >= 11 is 0. The van der Waals surface area contributed by atoms with Crippen molar-refractivity contribution in [1.82, 2.24) is 0 Å². The topological polar surface area (TPSA) is 0 Å². The summed E-state index contributed by atoms with van der Waals surface area (Å²) in [6.07, 6.45) is 6.52. The molecule has 0 bridgehead atoms. The molecular formula is C7H19AlLi. The van der Waals surface area contributed by atoms with Crippen LogP contribution in [0.5, 0.6) is 0 Å². The molecule has 0 saturated heterocycles. The van der Waals surface area contributed by atoms with Gasteiger partial charge < -0.3 is 0 Å². The van der Waals surface area contributed by atoms with E-state index in [0.717, 1.165) is 6.42 Å². The Morgan fingerprint density at radius 1 is 1.11 bits per heavy atom. The molecule has 0 spiro atoms. The van der Waals surface area contributed by atoms with Crippen LogP contribution < -0.4 is 0 Å². The van der Waals surface area contributed by atoms with Crippen LogP contribution in [-0.2, 0) is 0 Å². The fourth-order valence-corrected chi connectivity index (χ4v) is 0.604. The van der Waals surface area contributed by atoms with Gasteiger partial charge in [0.15, 0.2) is 17.4 Å². The molecule has 0 aromatic rings. The van der Waals surface area contributed by atoms with E-state index in [9.17, 15) is 0 Å². The van der Waals surface area contributed by atoms with Crippen LogP contribution >= 0.6 is 0 Å². The Hall–Kier alpha value is 1.13. The van der Waals surface area contributed by atoms with Crippen LogP contribution in [0.2, 0.25) is 0 Å². The molecule has 0 aromatic carbocycles. The summed E-state index contributed by atoms with van der Waals surface area (Å²) < 4.78 is 0. The van der Waals surface area contributed by atoms with Gasteiger partial charge in [-0.05, 0) is 0 Å². The van der Waals surface area contributed by atoms with E-state index in [-0.39, 0.29) is 36.2 Å². The van der Waals surface area contributed by atoms with Gasteiger partial charge in [-0.3, -0.25) is 0 Å². The molecule has 0 unspecified atom stereocenters. The van der Waals surface area contributed by atoms with Crippen LogP contribution in [-0.4, -0.2) is 36.2 Å². The van der Waals surface area contributed by atoms with Gasteiger partial charge in [-0.1, -0.05) is 46.0 Å². The molecule has 0 aliphatic heterocycles. The van der Waals surface area contributed by atoms with Crippen LogP contribution in [0.15, 0.2) is 0 Å². The molecule has 0 aliphatic rings. The van der Waals surface area contributed by atoms with Crippen molar-refractivity contribution < 1.29 is 0 Å². The monoisotopic (exact) mass is 137 g/mol. The zero-order valence-electron chi connectivity index (χ0n) is 5.24. The summed E-state index contributed by atoms with van der Waals surface area (Å²) in [6, 6.07) is 0. The zero-order valence-corrected chi connectivity index (χ0v) is 5.24. The van der Waals surface area contributed by atoms with Crippen molar-refractivity contribution in [2.45, 2.75) is 39.0 Å². The molecule has 0 nitrogen and oxygen atoms in total. The Labute approximate surface area is 82.1 Å². The van der Waals surface area contributed by atoms with E-state index >= 15 is 0 Å². The fraction of sp³-hybridized carbons (Fsp3) is 0.857. The molecule has 0 rings (SSSR count). The van der Waals surface area contributed by atoms with Gasteiger partial charge >= 0.3 is 18.9 Å². The second-order valence-electron chi connectivity index (χ2n) is 1.91. The Morgan fingerprint density at radius 3 is 2.00 bits per heavy atom. The zero-order chi connectivity index (χ0) is 5.54. The minimum absolute atomic E-state index is 0. The maximum atomic E-state index is 3.76. The van der Waals surface area contributed by atoms with E-state index in [2.05, 4.69) is 13.8 Å². The summed E-state index contributed by atoms with van der Waals surface area (Å²) in [5, 5.41) is 0. The van der Waals surface area contributed by atoms with Gasteiger partial charge in [0.25, 0.3) is 0 Å². The molecule has 0 atom stereocenters. The normalized spacial score (nSPS) is 7.33. The summed E-state index contributed by atoms with van der Waals surface area (Å²) in [5.41, 5.74) is 0. The van der Waals surface area contributed by atoms with E-state index in [1.54, 1.807) is 0 Å². The van der Waals surface area contributed by atoms with Crippen LogP contribution in [0.25, 0.3) is 0 Å². The third-order valence-electron chi connectivity index (χ3n) is 1.10. The average molecular weight is 137 g/mol. The Balaban J connectivity index is -0.000000180. The van der Waals surface area contributed by atoms with Crippen LogP contribution in [0.3, 0.4) is 0 Å². The third-order valence-corrected chi connectivity index (χ3v) is 1.10. The molecule has 0 N–H and O–H groups in total. The molecule has 0 heterocycles. The summed E-state index contributed by atoms with van der Waals surface area (Å²) in [4.78, 5) is 0. The first kappa shape index (κ1) is 16.6. The molecule has 1 radical (unpaired) electrons. The van der Waals surface area contributed by atoms with Gasteiger partial charge in [-0.15, -0.1) is 0 Å². The molecule has 0 amide bonds. The van der Waals surface area contributed by atoms with Crippen molar-refractivity contribution >= 4 is 36.2 Å². The van der Waals surface area contributed by atoms with Gasteiger partial charge in [0.1, 0.15) is 0 Å². The quantitative estimate of drug-likeness (QED) is 0.400. The van der Waals surface area contributed by atoms with Crippen molar-refractivity contribution in [3.63, 3.8) is 0 Å². The van der Waals surface area contributed by atoms with Gasteiger partial charge in [-0.25, -0.2) is 0 Å². The van der Waals surface area contributed by atoms with Crippen LogP contribution in [0.1, 0.15) is 39.0 Å². The Morgan fingerprint density at radius 2 is 1.67 bits per heavy atom. The molecule has 0 aliphatic carbocycles. The van der Waals surface area contributed by atoms with Crippen molar-refractivity contribution in [3.8, 4) is 0 Å². The Kier molecular flexibility index (Phi) is 29.6. The number of unbranched alkanes of at least 4 members (excludes halogenated alkanes) is 4. The molecule has 2 heteroatoms. The Bertz CT molecular complexity index is 28.1. The second-order valence-corrected chi connectivity index (χ2v) is 1.91. The van der Waals surface area contributed by atoms with E-state index in [1.807, 2.05) is 0 Å². The molecule has 0 aromatic heterocycles. The van der Waals surface area contributed by atoms with E-state index < -0.39 is 0 Å². The summed E-state index contributed by atoms with van der Waals surface area (Å²) in [5.74, 6) is 0. The molecule has 0 saturated carbocycles. The first-order valence-corrected chi connectivity index (χ1v) is 3.21. The first-order valence-electron chi connectivity index (χ1n) is 3.21. The number of hydrogen-bond donors (Lipinski definition) is 0. The third kappa shape index (κ3) is 17.6. The van der Waals surface area contributed by atoms with Crippen molar-refractivity contribution in [2.75, 3.05) is 0 Å². The van der Waals surface area contributed by atoms with E-state index in [4.69, 9.17) is 0 Å². The summed E-state index contributed by atoms with van der Waals surface area (Å²) in [6.45, 7) is 5.98. The molecule has 0 fully saturated rings. The van der Waals surface area contributed by atoms with Crippen molar-refractivity contribution in [3.05, 3.63) is 6.92 Å². The van der Waals surface area contributed by atoms with Crippen LogP contribution in [0, 0.1) is 6.92 Å². The first-order chi connectivity index (χ1) is 3.41. The standard InChI is InChI=1S/C7H15.Al.Li.4H/c1-3-5-7-6-4-2;;;;;;/h1,3-7H2,2H3;;;;;;. The SMILES string of the molecule is [AlH3].[CH2]CCCCCC.[LiH]. The molecule has 51 valence electrons. The predicted octanol–water partition coefficient (Wildman–Crippen LogP) is 0.958. The van der Waals surface area contributed by atoms with E-state index in [0.29, 0.717) is 0 Å². The van der Waals surface area contributed by atoms with E-state index in [1.165, 1.54) is 25.7 Å². The predicted molar refractivity (Wildman–Crippen MR) is 51.2 cm³/mol. The summed E-state index contributed by atoms with van der Waals surface area (Å²) in [7, 11) is 0. The fourth-order valence-electron chi connectivity index (χ4n) is 0.604. The van der Waals surface area contributed by atoms with Crippen LogP contribution in [0.4, 0.5) is 0 Å². The minimum atomic E-state index is 0. The average Bonchev–Trinajstić information content (AvgIpc) is 1.69. The molecular weight excluding hydrogens is 118 g/mol. The van der Waals surface area contributed by atoms with Gasteiger partial charge in [0.2, 0.25) is 0 Å². The van der Waals surface area contributed by atoms with Crippen molar-refractivity contribution in [1.29, 1.82) is 0 Å². The molecule has 9 heavy (non-hydrogen) atoms. The van der Waals surface area contributed by atoms with Crippen molar-refractivity contribution in [2.24, 2.45) is 0 Å².